The summed E-state index contributed by atoms with van der Waals surface area (Å²) in [5.74, 6) is 0.149. The summed E-state index contributed by atoms with van der Waals surface area (Å²) in [6.45, 7) is 3.15. The third-order valence-electron chi connectivity index (χ3n) is 4.13. The summed E-state index contributed by atoms with van der Waals surface area (Å²) < 4.78 is 5.28. The van der Waals surface area contributed by atoms with Crippen molar-refractivity contribution in [1.29, 1.82) is 5.26 Å². The zero-order valence-corrected chi connectivity index (χ0v) is 12.5. The van der Waals surface area contributed by atoms with Gasteiger partial charge < -0.3 is 10.1 Å². The van der Waals surface area contributed by atoms with Gasteiger partial charge in [-0.2, -0.15) is 5.26 Å². The second-order valence-electron chi connectivity index (χ2n) is 5.57. The smallest absolute Gasteiger partial charge is 0.221 e. The van der Waals surface area contributed by atoms with Crippen molar-refractivity contribution in [2.75, 3.05) is 13.2 Å². The average molecular weight is 286 g/mol. The molecule has 1 heterocycles. The standard InChI is InChI=1S/C17H22N2O2/c1-2-14(15-6-4-3-5-7-15)12-16(20)19-17(13-18)8-10-21-11-9-17/h3-7,14H,2,8-12H2,1H3,(H,19,20)/t14-/m0/s1. The van der Waals surface area contributed by atoms with Crippen LogP contribution in [-0.2, 0) is 9.53 Å². The number of rotatable bonds is 5. The lowest BCUT2D eigenvalue weighted by molar-refractivity contribution is -0.123. The first kappa shape index (κ1) is 15.5. The molecule has 1 aliphatic heterocycles. The number of hydrogen-bond donors (Lipinski definition) is 1. The van der Waals surface area contributed by atoms with Crippen LogP contribution in [0, 0.1) is 11.3 Å². The average Bonchev–Trinajstić information content (AvgIpc) is 2.54. The minimum absolute atomic E-state index is 0.0471. The van der Waals surface area contributed by atoms with E-state index in [9.17, 15) is 10.1 Å². The van der Waals surface area contributed by atoms with Gasteiger partial charge in [0.2, 0.25) is 5.91 Å². The highest BCUT2D eigenvalue weighted by Gasteiger charge is 2.34. The van der Waals surface area contributed by atoms with E-state index in [1.54, 1.807) is 0 Å². The molecule has 1 aromatic carbocycles. The van der Waals surface area contributed by atoms with Gasteiger partial charge in [0.1, 0.15) is 5.54 Å². The number of carbonyl (C=O) groups excluding carboxylic acids is 1. The SMILES string of the molecule is CC[C@@H](CC(=O)NC1(C#N)CCOCC1)c1ccccc1. The fraction of sp³-hybridized carbons (Fsp3) is 0.529. The highest BCUT2D eigenvalue weighted by Crippen LogP contribution is 2.25. The molecule has 0 unspecified atom stereocenters. The maximum atomic E-state index is 12.3. The predicted octanol–water partition coefficient (Wildman–Crippen LogP) is 2.76. The number of amides is 1. The summed E-state index contributed by atoms with van der Waals surface area (Å²) in [5.41, 5.74) is 0.428. The van der Waals surface area contributed by atoms with E-state index in [-0.39, 0.29) is 11.8 Å². The zero-order valence-electron chi connectivity index (χ0n) is 12.5. The Hall–Kier alpha value is -1.86. The van der Waals surface area contributed by atoms with Crippen LogP contribution in [-0.4, -0.2) is 24.7 Å². The van der Waals surface area contributed by atoms with Crippen molar-refractivity contribution in [2.45, 2.75) is 44.1 Å². The molecular weight excluding hydrogens is 264 g/mol. The van der Waals surface area contributed by atoms with E-state index in [4.69, 9.17) is 4.74 Å². The Kier molecular flexibility index (Phi) is 5.35. The van der Waals surface area contributed by atoms with Crippen molar-refractivity contribution in [3.05, 3.63) is 35.9 Å². The molecule has 1 atom stereocenters. The molecule has 21 heavy (non-hydrogen) atoms. The van der Waals surface area contributed by atoms with Crippen LogP contribution in [0.4, 0.5) is 0 Å². The summed E-state index contributed by atoms with van der Waals surface area (Å²) in [6.07, 6.45) is 2.46. The predicted molar refractivity (Wildman–Crippen MR) is 80.6 cm³/mol. The van der Waals surface area contributed by atoms with E-state index < -0.39 is 5.54 Å². The van der Waals surface area contributed by atoms with Crippen molar-refractivity contribution in [1.82, 2.24) is 5.32 Å². The molecule has 1 aliphatic rings. The van der Waals surface area contributed by atoms with E-state index >= 15 is 0 Å². The van der Waals surface area contributed by atoms with Crippen molar-refractivity contribution in [3.63, 3.8) is 0 Å². The van der Waals surface area contributed by atoms with E-state index in [1.807, 2.05) is 18.2 Å². The first-order valence-electron chi connectivity index (χ1n) is 7.54. The molecule has 4 heteroatoms. The van der Waals surface area contributed by atoms with Crippen LogP contribution in [0.3, 0.4) is 0 Å². The second-order valence-corrected chi connectivity index (χ2v) is 5.57. The van der Waals surface area contributed by atoms with Gasteiger partial charge in [0.25, 0.3) is 0 Å². The lowest BCUT2D eigenvalue weighted by Crippen LogP contribution is -2.51. The van der Waals surface area contributed by atoms with Gasteiger partial charge in [0, 0.05) is 32.5 Å². The zero-order chi connectivity index (χ0) is 15.1. The highest BCUT2D eigenvalue weighted by atomic mass is 16.5. The Bertz CT molecular complexity index is 501. The van der Waals surface area contributed by atoms with Crippen LogP contribution < -0.4 is 5.32 Å². The van der Waals surface area contributed by atoms with Crippen molar-refractivity contribution in [3.8, 4) is 6.07 Å². The van der Waals surface area contributed by atoms with Crippen LogP contribution in [0.25, 0.3) is 0 Å². The number of nitrogens with zero attached hydrogens (tertiary/aromatic N) is 1. The molecular formula is C17H22N2O2. The molecule has 1 N–H and O–H groups in total. The van der Waals surface area contributed by atoms with Gasteiger partial charge >= 0.3 is 0 Å². The molecule has 0 radical (unpaired) electrons. The molecule has 0 aliphatic carbocycles. The van der Waals surface area contributed by atoms with Crippen LogP contribution in [0.2, 0.25) is 0 Å². The number of hydrogen-bond acceptors (Lipinski definition) is 3. The van der Waals surface area contributed by atoms with Crippen molar-refractivity contribution < 1.29 is 9.53 Å². The van der Waals surface area contributed by atoms with Crippen LogP contribution in [0.1, 0.15) is 44.1 Å². The molecule has 2 rings (SSSR count). The lowest BCUT2D eigenvalue weighted by Gasteiger charge is -2.32. The topological polar surface area (TPSA) is 62.1 Å². The molecule has 0 aromatic heterocycles. The molecule has 1 amide bonds. The molecule has 1 fully saturated rings. The minimum Gasteiger partial charge on any atom is -0.381 e. The van der Waals surface area contributed by atoms with Gasteiger partial charge in [-0.05, 0) is 17.9 Å². The second kappa shape index (κ2) is 7.24. The molecule has 112 valence electrons. The van der Waals surface area contributed by atoms with Gasteiger partial charge in [0.05, 0.1) is 6.07 Å². The Morgan fingerprint density at radius 2 is 2.05 bits per heavy atom. The normalized spacial score (nSPS) is 18.5. The van der Waals surface area contributed by atoms with E-state index in [0.29, 0.717) is 32.5 Å². The van der Waals surface area contributed by atoms with Crippen LogP contribution in [0.15, 0.2) is 30.3 Å². The van der Waals surface area contributed by atoms with Crippen LogP contribution >= 0.6 is 0 Å². The Morgan fingerprint density at radius 3 is 2.62 bits per heavy atom. The maximum absolute atomic E-state index is 12.3. The van der Waals surface area contributed by atoms with Gasteiger partial charge in [-0.15, -0.1) is 0 Å². The van der Waals surface area contributed by atoms with E-state index in [0.717, 1.165) is 6.42 Å². The van der Waals surface area contributed by atoms with Crippen molar-refractivity contribution >= 4 is 5.91 Å². The Labute approximate surface area is 126 Å². The van der Waals surface area contributed by atoms with E-state index in [2.05, 4.69) is 30.4 Å². The van der Waals surface area contributed by atoms with Gasteiger partial charge in [-0.25, -0.2) is 0 Å². The number of benzene rings is 1. The lowest BCUT2D eigenvalue weighted by atomic mass is 9.89. The molecule has 0 spiro atoms. The molecule has 0 saturated carbocycles. The highest BCUT2D eigenvalue weighted by molar-refractivity contribution is 5.78. The maximum Gasteiger partial charge on any atom is 0.221 e. The van der Waals surface area contributed by atoms with Gasteiger partial charge in [-0.1, -0.05) is 37.3 Å². The summed E-state index contributed by atoms with van der Waals surface area (Å²) in [7, 11) is 0. The third kappa shape index (κ3) is 4.05. The van der Waals surface area contributed by atoms with Crippen molar-refractivity contribution in [2.24, 2.45) is 0 Å². The summed E-state index contributed by atoms with van der Waals surface area (Å²) in [4.78, 5) is 12.3. The minimum atomic E-state index is -0.746. The largest absolute Gasteiger partial charge is 0.381 e. The number of carbonyl (C=O) groups is 1. The Morgan fingerprint density at radius 1 is 1.38 bits per heavy atom. The fourth-order valence-electron chi connectivity index (χ4n) is 2.75. The molecule has 0 bridgehead atoms. The third-order valence-corrected chi connectivity index (χ3v) is 4.13. The molecule has 4 nitrogen and oxygen atoms in total. The molecule has 1 saturated heterocycles. The quantitative estimate of drug-likeness (QED) is 0.905. The number of ether oxygens (including phenoxy) is 1. The summed E-state index contributed by atoms with van der Waals surface area (Å²) >= 11 is 0. The first-order valence-corrected chi connectivity index (χ1v) is 7.54. The monoisotopic (exact) mass is 286 g/mol. The number of nitrogens with one attached hydrogen (secondary N) is 1. The molecule has 1 aromatic rings. The van der Waals surface area contributed by atoms with Gasteiger partial charge in [0.15, 0.2) is 0 Å². The van der Waals surface area contributed by atoms with Gasteiger partial charge in [-0.3, -0.25) is 4.79 Å². The summed E-state index contributed by atoms with van der Waals surface area (Å²) in [5, 5.41) is 12.3. The number of nitriles is 1. The summed E-state index contributed by atoms with van der Waals surface area (Å²) in [6, 6.07) is 12.3. The van der Waals surface area contributed by atoms with Crippen LogP contribution in [0.5, 0.6) is 0 Å². The Balaban J connectivity index is 1.98. The van der Waals surface area contributed by atoms with E-state index in [1.165, 1.54) is 5.56 Å². The first-order chi connectivity index (χ1) is 10.2. The fourth-order valence-corrected chi connectivity index (χ4v) is 2.75.